The van der Waals surface area contributed by atoms with Gasteiger partial charge in [0.05, 0.1) is 4.92 Å². The van der Waals surface area contributed by atoms with E-state index in [4.69, 9.17) is 4.74 Å². The summed E-state index contributed by atoms with van der Waals surface area (Å²) in [6.45, 7) is 5.28. The second-order valence-electron chi connectivity index (χ2n) is 6.51. The average molecular weight is 362 g/mol. The average Bonchev–Trinajstić information content (AvgIpc) is 2.68. The summed E-state index contributed by atoms with van der Waals surface area (Å²) in [5.41, 5.74) is 5.73. The van der Waals surface area contributed by atoms with Gasteiger partial charge in [0, 0.05) is 24.4 Å². The topological polar surface area (TPSA) is 64.4 Å². The molecule has 0 unspecified atom stereocenters. The van der Waals surface area contributed by atoms with E-state index in [1.807, 2.05) is 24.3 Å². The van der Waals surface area contributed by atoms with Gasteiger partial charge in [-0.3, -0.25) is 10.1 Å². The van der Waals surface area contributed by atoms with Crippen LogP contribution in [0.2, 0.25) is 0 Å². The van der Waals surface area contributed by atoms with Crippen LogP contribution in [0.1, 0.15) is 22.3 Å². The Hall–Kier alpha value is -3.34. The van der Waals surface area contributed by atoms with Gasteiger partial charge in [0.15, 0.2) is 0 Å². The Morgan fingerprint density at radius 2 is 1.70 bits per heavy atom. The van der Waals surface area contributed by atoms with E-state index in [1.54, 1.807) is 12.1 Å². The van der Waals surface area contributed by atoms with Crippen molar-refractivity contribution >= 4 is 11.4 Å². The largest absolute Gasteiger partial charge is 0.489 e. The second kappa shape index (κ2) is 8.36. The molecule has 0 radical (unpaired) electrons. The highest BCUT2D eigenvalue weighted by Gasteiger charge is 2.05. The third-order valence-electron chi connectivity index (χ3n) is 4.45. The molecular weight excluding hydrogens is 340 g/mol. The molecule has 0 aromatic heterocycles. The number of ether oxygens (including phenoxy) is 1. The smallest absolute Gasteiger partial charge is 0.269 e. The molecule has 138 valence electrons. The Morgan fingerprint density at radius 1 is 0.926 bits per heavy atom. The van der Waals surface area contributed by atoms with E-state index in [9.17, 15) is 10.1 Å². The zero-order valence-corrected chi connectivity index (χ0v) is 15.4. The van der Waals surface area contributed by atoms with E-state index in [0.717, 1.165) is 22.6 Å². The van der Waals surface area contributed by atoms with E-state index >= 15 is 0 Å². The summed E-state index contributed by atoms with van der Waals surface area (Å²) >= 11 is 0. The number of non-ortho nitro benzene ring substituents is 1. The monoisotopic (exact) mass is 362 g/mol. The minimum Gasteiger partial charge on any atom is -0.489 e. The third kappa shape index (κ3) is 5.07. The molecule has 0 saturated carbocycles. The van der Waals surface area contributed by atoms with Crippen molar-refractivity contribution in [3.8, 4) is 5.75 Å². The van der Waals surface area contributed by atoms with Crippen molar-refractivity contribution in [1.82, 2.24) is 0 Å². The molecule has 0 aliphatic heterocycles. The zero-order valence-electron chi connectivity index (χ0n) is 15.4. The lowest BCUT2D eigenvalue weighted by atomic mass is 10.1. The molecule has 3 rings (SSSR count). The predicted octanol–water partition coefficient (Wildman–Crippen LogP) is 5.40. The third-order valence-corrected chi connectivity index (χ3v) is 4.45. The van der Waals surface area contributed by atoms with Crippen LogP contribution in [0.25, 0.3) is 0 Å². The van der Waals surface area contributed by atoms with Gasteiger partial charge in [-0.15, -0.1) is 0 Å². The van der Waals surface area contributed by atoms with E-state index < -0.39 is 4.92 Å². The predicted molar refractivity (Wildman–Crippen MR) is 107 cm³/mol. The lowest BCUT2D eigenvalue weighted by Crippen LogP contribution is -2.01. The molecule has 0 atom stereocenters. The normalized spacial score (nSPS) is 10.4. The molecule has 0 saturated heterocycles. The van der Waals surface area contributed by atoms with Crippen molar-refractivity contribution in [2.45, 2.75) is 27.0 Å². The molecule has 0 bridgehead atoms. The lowest BCUT2D eigenvalue weighted by Gasteiger charge is -2.11. The van der Waals surface area contributed by atoms with E-state index in [1.165, 1.54) is 23.3 Å². The Morgan fingerprint density at radius 3 is 2.41 bits per heavy atom. The van der Waals surface area contributed by atoms with Crippen LogP contribution in [-0.4, -0.2) is 4.92 Å². The van der Waals surface area contributed by atoms with Crippen molar-refractivity contribution in [3.05, 3.63) is 99.1 Å². The Labute approximate surface area is 158 Å². The maximum Gasteiger partial charge on any atom is 0.269 e. The van der Waals surface area contributed by atoms with E-state index in [2.05, 4.69) is 37.4 Å². The molecule has 5 nitrogen and oxygen atoms in total. The van der Waals surface area contributed by atoms with Crippen LogP contribution in [0.4, 0.5) is 11.4 Å². The van der Waals surface area contributed by atoms with Crippen molar-refractivity contribution in [2.75, 3.05) is 5.32 Å². The SMILES string of the molecule is Cc1ccc(NCc2cccc(OCc3ccc([N+](=O)[O-])cc3)c2)cc1C. The van der Waals surface area contributed by atoms with Crippen molar-refractivity contribution < 1.29 is 9.66 Å². The summed E-state index contributed by atoms with van der Waals surface area (Å²) in [7, 11) is 0. The van der Waals surface area contributed by atoms with Gasteiger partial charge in [-0.25, -0.2) is 0 Å². The number of hydrogen-bond acceptors (Lipinski definition) is 4. The fraction of sp³-hybridized carbons (Fsp3) is 0.182. The van der Waals surface area contributed by atoms with Crippen LogP contribution in [0, 0.1) is 24.0 Å². The highest BCUT2D eigenvalue weighted by Crippen LogP contribution is 2.19. The first-order chi connectivity index (χ1) is 13.0. The standard InChI is InChI=1S/C22H22N2O3/c1-16-6-9-20(12-17(16)2)23-14-19-4-3-5-22(13-19)27-15-18-7-10-21(11-8-18)24(25)26/h3-13,23H,14-15H2,1-2H3. The molecule has 3 aromatic rings. The summed E-state index contributed by atoms with van der Waals surface area (Å²) in [5, 5.41) is 14.1. The number of anilines is 1. The Balaban J connectivity index is 1.58. The zero-order chi connectivity index (χ0) is 19.2. The van der Waals surface area contributed by atoms with Gasteiger partial charge in [0.2, 0.25) is 0 Å². The van der Waals surface area contributed by atoms with Crippen LogP contribution < -0.4 is 10.1 Å². The summed E-state index contributed by atoms with van der Waals surface area (Å²) in [6, 6.07) is 20.7. The molecule has 5 heteroatoms. The first-order valence-electron chi connectivity index (χ1n) is 8.77. The van der Waals surface area contributed by atoms with Crippen LogP contribution >= 0.6 is 0 Å². The van der Waals surface area contributed by atoms with Crippen LogP contribution in [0.5, 0.6) is 5.75 Å². The number of nitrogens with one attached hydrogen (secondary N) is 1. The van der Waals surface area contributed by atoms with Gasteiger partial charge in [-0.2, -0.15) is 0 Å². The molecular formula is C22H22N2O3. The number of nitrogens with zero attached hydrogens (tertiary/aromatic N) is 1. The first kappa shape index (κ1) is 18.5. The highest BCUT2D eigenvalue weighted by atomic mass is 16.6. The minimum absolute atomic E-state index is 0.0816. The Bertz CT molecular complexity index is 937. The number of rotatable bonds is 7. The molecule has 0 amide bonds. The number of aryl methyl sites for hydroxylation is 2. The minimum atomic E-state index is -0.406. The molecule has 0 spiro atoms. The van der Waals surface area contributed by atoms with Gasteiger partial charge < -0.3 is 10.1 Å². The first-order valence-corrected chi connectivity index (χ1v) is 8.77. The fourth-order valence-corrected chi connectivity index (χ4v) is 2.68. The van der Waals surface area contributed by atoms with E-state index in [0.29, 0.717) is 13.2 Å². The highest BCUT2D eigenvalue weighted by molar-refractivity contribution is 5.48. The van der Waals surface area contributed by atoms with Gasteiger partial charge in [0.1, 0.15) is 12.4 Å². The van der Waals surface area contributed by atoms with Crippen molar-refractivity contribution in [1.29, 1.82) is 0 Å². The summed E-state index contributed by atoms with van der Waals surface area (Å²) in [6.07, 6.45) is 0. The maximum atomic E-state index is 10.7. The summed E-state index contributed by atoms with van der Waals surface area (Å²) in [4.78, 5) is 10.3. The quantitative estimate of drug-likeness (QED) is 0.451. The molecule has 0 aliphatic rings. The molecule has 1 N–H and O–H groups in total. The van der Waals surface area contributed by atoms with Crippen LogP contribution in [-0.2, 0) is 13.2 Å². The maximum absolute atomic E-state index is 10.7. The lowest BCUT2D eigenvalue weighted by molar-refractivity contribution is -0.384. The molecule has 3 aromatic carbocycles. The number of nitro groups is 1. The van der Waals surface area contributed by atoms with Crippen LogP contribution in [0.3, 0.4) is 0 Å². The summed E-state index contributed by atoms with van der Waals surface area (Å²) < 4.78 is 5.82. The van der Waals surface area contributed by atoms with Crippen molar-refractivity contribution in [3.63, 3.8) is 0 Å². The molecule has 0 heterocycles. The van der Waals surface area contributed by atoms with Crippen LogP contribution in [0.15, 0.2) is 66.7 Å². The number of benzene rings is 3. The molecule has 0 fully saturated rings. The number of hydrogen-bond donors (Lipinski definition) is 1. The fourth-order valence-electron chi connectivity index (χ4n) is 2.68. The van der Waals surface area contributed by atoms with Gasteiger partial charge >= 0.3 is 0 Å². The van der Waals surface area contributed by atoms with Gasteiger partial charge in [0.25, 0.3) is 5.69 Å². The van der Waals surface area contributed by atoms with E-state index in [-0.39, 0.29) is 5.69 Å². The second-order valence-corrected chi connectivity index (χ2v) is 6.51. The van der Waals surface area contributed by atoms with Crippen molar-refractivity contribution in [2.24, 2.45) is 0 Å². The van der Waals surface area contributed by atoms with Gasteiger partial charge in [-0.05, 0) is 72.5 Å². The molecule has 27 heavy (non-hydrogen) atoms. The summed E-state index contributed by atoms with van der Waals surface area (Å²) in [5.74, 6) is 0.771. The number of nitro benzene ring substituents is 1. The molecule has 0 aliphatic carbocycles. The Kier molecular flexibility index (Phi) is 5.71. The van der Waals surface area contributed by atoms with Gasteiger partial charge in [-0.1, -0.05) is 18.2 Å².